The summed E-state index contributed by atoms with van der Waals surface area (Å²) < 4.78 is 11.9. The standard InChI is InChI=1S/C11H18N2OS/c1-9-5-4-6-10(11(9)12)15(14)8-7-13(2)3/h4-6H,7-8,12H2,1-3H3. The molecule has 0 heterocycles. The molecule has 4 heteroatoms. The number of hydrogen-bond acceptors (Lipinski definition) is 3. The van der Waals surface area contributed by atoms with Crippen LogP contribution in [-0.4, -0.2) is 35.5 Å². The van der Waals surface area contributed by atoms with E-state index in [0.717, 1.165) is 17.0 Å². The molecule has 1 rings (SSSR count). The third-order valence-corrected chi connectivity index (χ3v) is 3.65. The van der Waals surface area contributed by atoms with E-state index in [4.69, 9.17) is 5.73 Å². The molecule has 2 N–H and O–H groups in total. The van der Waals surface area contributed by atoms with E-state index in [1.165, 1.54) is 0 Å². The highest BCUT2D eigenvalue weighted by Gasteiger charge is 2.09. The van der Waals surface area contributed by atoms with Crippen LogP contribution in [0.5, 0.6) is 0 Å². The monoisotopic (exact) mass is 226 g/mol. The van der Waals surface area contributed by atoms with Crippen LogP contribution in [0.4, 0.5) is 5.69 Å². The van der Waals surface area contributed by atoms with E-state index in [9.17, 15) is 4.21 Å². The van der Waals surface area contributed by atoms with Gasteiger partial charge in [-0.25, -0.2) is 0 Å². The van der Waals surface area contributed by atoms with Gasteiger partial charge in [-0.2, -0.15) is 0 Å². The summed E-state index contributed by atoms with van der Waals surface area (Å²) in [5.74, 6) is 0.626. The number of nitrogens with zero attached hydrogens (tertiary/aromatic N) is 1. The maximum absolute atomic E-state index is 11.9. The number of para-hydroxylation sites is 1. The van der Waals surface area contributed by atoms with Crippen LogP contribution in [0.3, 0.4) is 0 Å². The third kappa shape index (κ3) is 3.32. The number of nitrogens with two attached hydrogens (primary N) is 1. The Labute approximate surface area is 93.7 Å². The van der Waals surface area contributed by atoms with E-state index in [2.05, 4.69) is 0 Å². The van der Waals surface area contributed by atoms with Crippen molar-refractivity contribution in [3.8, 4) is 0 Å². The second kappa shape index (κ2) is 5.28. The van der Waals surface area contributed by atoms with Crippen molar-refractivity contribution in [2.75, 3.05) is 32.1 Å². The zero-order chi connectivity index (χ0) is 11.4. The molecule has 0 saturated carbocycles. The minimum Gasteiger partial charge on any atom is -0.398 e. The molecule has 0 aliphatic carbocycles. The Kier molecular flexibility index (Phi) is 4.29. The first-order valence-corrected chi connectivity index (χ1v) is 6.22. The normalized spacial score (nSPS) is 13.1. The molecule has 0 radical (unpaired) electrons. The van der Waals surface area contributed by atoms with Gasteiger partial charge in [0.05, 0.1) is 21.4 Å². The van der Waals surface area contributed by atoms with Gasteiger partial charge in [0.15, 0.2) is 0 Å². The molecular formula is C11H18N2OS. The Bertz CT molecular complexity index is 364. The fourth-order valence-electron chi connectivity index (χ4n) is 1.23. The number of rotatable bonds is 4. The van der Waals surface area contributed by atoms with E-state index < -0.39 is 10.8 Å². The molecule has 0 aromatic heterocycles. The second-order valence-electron chi connectivity index (χ2n) is 3.84. The summed E-state index contributed by atoms with van der Waals surface area (Å²) in [6, 6.07) is 5.67. The Balaban J connectivity index is 2.78. The van der Waals surface area contributed by atoms with Crippen LogP contribution >= 0.6 is 0 Å². The quantitative estimate of drug-likeness (QED) is 0.786. The predicted molar refractivity (Wildman–Crippen MR) is 65.4 cm³/mol. The van der Waals surface area contributed by atoms with Gasteiger partial charge in [0.25, 0.3) is 0 Å². The van der Waals surface area contributed by atoms with Gasteiger partial charge < -0.3 is 10.6 Å². The Morgan fingerprint density at radius 1 is 1.40 bits per heavy atom. The molecular weight excluding hydrogens is 208 g/mol. The molecule has 1 aromatic carbocycles. The van der Waals surface area contributed by atoms with Gasteiger partial charge in [0.2, 0.25) is 0 Å². The summed E-state index contributed by atoms with van der Waals surface area (Å²) in [5, 5.41) is 0. The van der Waals surface area contributed by atoms with Crippen LogP contribution in [0.25, 0.3) is 0 Å². The molecule has 0 fully saturated rings. The zero-order valence-corrected chi connectivity index (χ0v) is 10.3. The number of anilines is 1. The lowest BCUT2D eigenvalue weighted by Gasteiger charge is -2.11. The largest absolute Gasteiger partial charge is 0.398 e. The molecule has 15 heavy (non-hydrogen) atoms. The van der Waals surface area contributed by atoms with Gasteiger partial charge in [-0.1, -0.05) is 12.1 Å². The minimum absolute atomic E-state index is 0.626. The lowest BCUT2D eigenvalue weighted by molar-refractivity contribution is 0.435. The van der Waals surface area contributed by atoms with Crippen molar-refractivity contribution in [1.82, 2.24) is 4.90 Å². The van der Waals surface area contributed by atoms with E-state index in [1.807, 2.05) is 44.1 Å². The molecule has 0 spiro atoms. The van der Waals surface area contributed by atoms with Crippen molar-refractivity contribution < 1.29 is 4.21 Å². The molecule has 0 aliphatic rings. The van der Waals surface area contributed by atoms with Gasteiger partial charge in [-0.3, -0.25) is 4.21 Å². The molecule has 1 atom stereocenters. The SMILES string of the molecule is Cc1cccc(S(=O)CCN(C)C)c1N. The van der Waals surface area contributed by atoms with E-state index in [-0.39, 0.29) is 0 Å². The summed E-state index contributed by atoms with van der Waals surface area (Å²) >= 11 is 0. The van der Waals surface area contributed by atoms with Gasteiger partial charge in [-0.05, 0) is 32.6 Å². The van der Waals surface area contributed by atoms with Gasteiger partial charge in [0.1, 0.15) is 0 Å². The molecule has 3 nitrogen and oxygen atoms in total. The van der Waals surface area contributed by atoms with Crippen LogP contribution in [-0.2, 0) is 10.8 Å². The van der Waals surface area contributed by atoms with E-state index in [0.29, 0.717) is 11.4 Å². The average Bonchev–Trinajstić information content (AvgIpc) is 2.18. The molecule has 1 aromatic rings. The Morgan fingerprint density at radius 2 is 2.07 bits per heavy atom. The first-order valence-electron chi connectivity index (χ1n) is 4.90. The van der Waals surface area contributed by atoms with Gasteiger partial charge in [-0.15, -0.1) is 0 Å². The topological polar surface area (TPSA) is 46.3 Å². The van der Waals surface area contributed by atoms with Crippen LogP contribution in [0.2, 0.25) is 0 Å². The Hall–Kier alpha value is -0.870. The third-order valence-electron chi connectivity index (χ3n) is 2.25. The molecule has 84 valence electrons. The molecule has 0 amide bonds. The smallest absolute Gasteiger partial charge is 0.0620 e. The number of hydrogen-bond donors (Lipinski definition) is 1. The van der Waals surface area contributed by atoms with Crippen molar-refractivity contribution in [2.45, 2.75) is 11.8 Å². The minimum atomic E-state index is -0.993. The molecule has 0 aliphatic heterocycles. The predicted octanol–water partition coefficient (Wildman–Crippen LogP) is 1.25. The van der Waals surface area contributed by atoms with Crippen LogP contribution < -0.4 is 5.73 Å². The summed E-state index contributed by atoms with van der Waals surface area (Å²) in [5.41, 5.74) is 7.54. The molecule has 0 bridgehead atoms. The fourth-order valence-corrected chi connectivity index (χ4v) is 2.62. The van der Waals surface area contributed by atoms with Crippen molar-refractivity contribution in [3.63, 3.8) is 0 Å². The summed E-state index contributed by atoms with van der Waals surface area (Å²) in [4.78, 5) is 2.78. The van der Waals surface area contributed by atoms with E-state index in [1.54, 1.807) is 0 Å². The van der Waals surface area contributed by atoms with Crippen molar-refractivity contribution in [3.05, 3.63) is 23.8 Å². The second-order valence-corrected chi connectivity index (χ2v) is 5.38. The average molecular weight is 226 g/mol. The van der Waals surface area contributed by atoms with Crippen LogP contribution in [0.1, 0.15) is 5.56 Å². The van der Waals surface area contributed by atoms with Crippen LogP contribution in [0, 0.1) is 6.92 Å². The Morgan fingerprint density at radius 3 is 2.67 bits per heavy atom. The highest BCUT2D eigenvalue weighted by molar-refractivity contribution is 7.85. The maximum atomic E-state index is 11.9. The zero-order valence-electron chi connectivity index (χ0n) is 9.49. The number of nitrogen functional groups attached to an aromatic ring is 1. The fraction of sp³-hybridized carbons (Fsp3) is 0.455. The first kappa shape index (κ1) is 12.2. The van der Waals surface area contributed by atoms with Gasteiger partial charge >= 0.3 is 0 Å². The van der Waals surface area contributed by atoms with E-state index >= 15 is 0 Å². The molecule has 0 saturated heterocycles. The highest BCUT2D eigenvalue weighted by atomic mass is 32.2. The first-order chi connectivity index (χ1) is 7.02. The lowest BCUT2D eigenvalue weighted by Crippen LogP contribution is -2.19. The van der Waals surface area contributed by atoms with Crippen molar-refractivity contribution >= 4 is 16.5 Å². The molecule has 1 unspecified atom stereocenters. The van der Waals surface area contributed by atoms with Crippen LogP contribution in [0.15, 0.2) is 23.1 Å². The maximum Gasteiger partial charge on any atom is 0.0620 e. The summed E-state index contributed by atoms with van der Waals surface area (Å²) in [6.45, 7) is 2.74. The summed E-state index contributed by atoms with van der Waals surface area (Å²) in [6.07, 6.45) is 0. The lowest BCUT2D eigenvalue weighted by atomic mass is 10.2. The highest BCUT2D eigenvalue weighted by Crippen LogP contribution is 2.20. The van der Waals surface area contributed by atoms with Crippen molar-refractivity contribution in [2.24, 2.45) is 0 Å². The number of benzene rings is 1. The number of aryl methyl sites for hydroxylation is 1. The van der Waals surface area contributed by atoms with Crippen molar-refractivity contribution in [1.29, 1.82) is 0 Å². The van der Waals surface area contributed by atoms with Gasteiger partial charge in [0, 0.05) is 12.3 Å². The summed E-state index contributed by atoms with van der Waals surface area (Å²) in [7, 11) is 2.95.